The maximum absolute atomic E-state index is 9.36. The molecule has 0 aliphatic carbocycles. The van der Waals surface area contributed by atoms with E-state index < -0.39 is 0 Å². The second-order valence-corrected chi connectivity index (χ2v) is 6.17. The summed E-state index contributed by atoms with van der Waals surface area (Å²) < 4.78 is 5.27. The minimum absolute atomic E-state index is 0.204. The Kier molecular flexibility index (Phi) is 3.76. The number of aromatic nitrogens is 4. The molecule has 0 saturated heterocycles. The molecule has 0 saturated carbocycles. The van der Waals surface area contributed by atoms with E-state index in [1.165, 1.54) is 0 Å². The molecule has 0 spiro atoms. The number of hydrogen-bond acceptors (Lipinski definition) is 7. The fourth-order valence-electron chi connectivity index (χ4n) is 2.98. The van der Waals surface area contributed by atoms with Crippen LogP contribution in [0.15, 0.2) is 40.9 Å². The van der Waals surface area contributed by atoms with Gasteiger partial charge in [0.1, 0.15) is 17.0 Å². The lowest BCUT2D eigenvalue weighted by atomic mass is 10.0. The molecule has 4 rings (SSSR count). The van der Waals surface area contributed by atoms with E-state index in [2.05, 4.69) is 25.7 Å². The smallest absolute Gasteiger partial charge is 0.247 e. The molecule has 0 fully saturated rings. The lowest BCUT2D eigenvalue weighted by Crippen LogP contribution is -2.01. The van der Waals surface area contributed by atoms with Crippen LogP contribution in [-0.2, 0) is 0 Å². The van der Waals surface area contributed by atoms with E-state index in [1.54, 1.807) is 24.3 Å². The Morgan fingerprint density at radius 2 is 1.77 bits per heavy atom. The zero-order valence-electron chi connectivity index (χ0n) is 14.6. The van der Waals surface area contributed by atoms with E-state index in [0.29, 0.717) is 11.5 Å². The third kappa shape index (κ3) is 2.83. The van der Waals surface area contributed by atoms with Gasteiger partial charge in [-0.3, -0.25) is 0 Å². The van der Waals surface area contributed by atoms with Gasteiger partial charge in [0.25, 0.3) is 0 Å². The van der Waals surface area contributed by atoms with Crippen molar-refractivity contribution in [2.24, 2.45) is 0 Å². The third-order valence-electron chi connectivity index (χ3n) is 4.20. The van der Waals surface area contributed by atoms with Crippen LogP contribution in [0.5, 0.6) is 5.75 Å². The predicted molar refractivity (Wildman–Crippen MR) is 98.4 cm³/mol. The Labute approximate surface area is 149 Å². The van der Waals surface area contributed by atoms with Crippen molar-refractivity contribution in [3.8, 4) is 16.9 Å². The van der Waals surface area contributed by atoms with Crippen LogP contribution in [0.25, 0.3) is 22.2 Å². The standard InChI is InChI=1S/C19H17N5O2/c1-10-8-13(17-11(2)24-26-12(17)3)9-16-18(10)21-19(23-22-16)20-14-4-6-15(25)7-5-14/h4-9,25H,1-3H3,(H,20,21,23). The predicted octanol–water partition coefficient (Wildman–Crippen LogP) is 4.05. The molecule has 0 radical (unpaired) electrons. The van der Waals surface area contributed by atoms with Crippen LogP contribution in [-0.4, -0.2) is 25.4 Å². The van der Waals surface area contributed by atoms with E-state index in [4.69, 9.17) is 4.52 Å². The van der Waals surface area contributed by atoms with Gasteiger partial charge in [-0.25, -0.2) is 4.98 Å². The molecule has 26 heavy (non-hydrogen) atoms. The topological polar surface area (TPSA) is 97.0 Å². The van der Waals surface area contributed by atoms with E-state index in [0.717, 1.165) is 39.3 Å². The average Bonchev–Trinajstić information content (AvgIpc) is 2.96. The number of benzene rings is 2. The Morgan fingerprint density at radius 3 is 2.46 bits per heavy atom. The molecule has 0 atom stereocenters. The Bertz CT molecular complexity index is 1080. The number of rotatable bonds is 3. The Hall–Kier alpha value is -3.48. The number of hydrogen-bond donors (Lipinski definition) is 2. The van der Waals surface area contributed by atoms with Gasteiger partial charge in [0.2, 0.25) is 5.95 Å². The van der Waals surface area contributed by atoms with Gasteiger partial charge in [-0.15, -0.1) is 10.2 Å². The number of aromatic hydroxyl groups is 1. The summed E-state index contributed by atoms with van der Waals surface area (Å²) in [6, 6.07) is 10.7. The highest BCUT2D eigenvalue weighted by atomic mass is 16.5. The summed E-state index contributed by atoms with van der Waals surface area (Å²) in [4.78, 5) is 4.57. The maximum atomic E-state index is 9.36. The summed E-state index contributed by atoms with van der Waals surface area (Å²) in [6.07, 6.45) is 0. The average molecular weight is 347 g/mol. The van der Waals surface area contributed by atoms with Crippen molar-refractivity contribution in [3.05, 3.63) is 53.4 Å². The van der Waals surface area contributed by atoms with Crippen molar-refractivity contribution in [2.45, 2.75) is 20.8 Å². The van der Waals surface area contributed by atoms with E-state index >= 15 is 0 Å². The van der Waals surface area contributed by atoms with Gasteiger partial charge < -0.3 is 14.9 Å². The van der Waals surface area contributed by atoms with Crippen LogP contribution in [0.2, 0.25) is 0 Å². The largest absolute Gasteiger partial charge is 0.508 e. The first-order valence-corrected chi connectivity index (χ1v) is 8.15. The minimum Gasteiger partial charge on any atom is -0.508 e. The van der Waals surface area contributed by atoms with Crippen LogP contribution >= 0.6 is 0 Å². The fraction of sp³-hybridized carbons (Fsp3) is 0.158. The fourth-order valence-corrected chi connectivity index (χ4v) is 2.98. The van der Waals surface area contributed by atoms with Crippen LogP contribution in [0.4, 0.5) is 11.6 Å². The molecule has 2 aromatic carbocycles. The second-order valence-electron chi connectivity index (χ2n) is 6.17. The first-order chi connectivity index (χ1) is 12.5. The van der Waals surface area contributed by atoms with Crippen molar-refractivity contribution in [3.63, 3.8) is 0 Å². The highest BCUT2D eigenvalue weighted by Gasteiger charge is 2.14. The normalized spacial score (nSPS) is 11.0. The summed E-state index contributed by atoms with van der Waals surface area (Å²) in [6.45, 7) is 5.80. The maximum Gasteiger partial charge on any atom is 0.247 e. The first-order valence-electron chi connectivity index (χ1n) is 8.15. The van der Waals surface area contributed by atoms with E-state index in [-0.39, 0.29) is 5.75 Å². The number of fused-ring (bicyclic) bond motifs is 1. The van der Waals surface area contributed by atoms with Crippen molar-refractivity contribution < 1.29 is 9.63 Å². The number of phenols is 1. The molecule has 130 valence electrons. The Morgan fingerprint density at radius 1 is 1.00 bits per heavy atom. The zero-order chi connectivity index (χ0) is 18.3. The van der Waals surface area contributed by atoms with Gasteiger partial charge in [-0.05, 0) is 68.3 Å². The molecule has 7 heteroatoms. The van der Waals surface area contributed by atoms with Gasteiger partial charge in [-0.2, -0.15) is 0 Å². The monoisotopic (exact) mass is 347 g/mol. The van der Waals surface area contributed by atoms with Gasteiger partial charge >= 0.3 is 0 Å². The van der Waals surface area contributed by atoms with Gasteiger partial charge in [0.15, 0.2) is 0 Å². The number of anilines is 2. The molecule has 4 aromatic rings. The summed E-state index contributed by atoms with van der Waals surface area (Å²) in [5.41, 5.74) is 6.04. The molecular weight excluding hydrogens is 330 g/mol. The van der Waals surface area contributed by atoms with Crippen LogP contribution in [0.1, 0.15) is 17.0 Å². The molecular formula is C19H17N5O2. The van der Waals surface area contributed by atoms with E-state index in [1.807, 2.05) is 32.9 Å². The first kappa shape index (κ1) is 16.0. The number of nitrogens with one attached hydrogen (secondary N) is 1. The molecule has 0 aliphatic rings. The molecule has 0 amide bonds. The lowest BCUT2D eigenvalue weighted by molar-refractivity contribution is 0.393. The second kappa shape index (κ2) is 6.11. The van der Waals surface area contributed by atoms with Crippen molar-refractivity contribution in [1.82, 2.24) is 20.3 Å². The summed E-state index contributed by atoms with van der Waals surface area (Å²) in [5, 5.41) is 24.9. The Balaban J connectivity index is 1.74. The third-order valence-corrected chi connectivity index (χ3v) is 4.20. The van der Waals surface area contributed by atoms with Crippen molar-refractivity contribution >= 4 is 22.7 Å². The van der Waals surface area contributed by atoms with Crippen LogP contribution in [0, 0.1) is 20.8 Å². The SMILES string of the molecule is Cc1noc(C)c1-c1cc(C)c2nc(Nc3ccc(O)cc3)nnc2c1. The van der Waals surface area contributed by atoms with E-state index in [9.17, 15) is 5.11 Å². The minimum atomic E-state index is 0.204. The van der Waals surface area contributed by atoms with Crippen molar-refractivity contribution in [1.29, 1.82) is 0 Å². The zero-order valence-corrected chi connectivity index (χ0v) is 14.6. The molecule has 0 aliphatic heterocycles. The number of phenolic OH excluding ortho intramolecular Hbond substituents is 1. The molecule has 2 N–H and O–H groups in total. The summed E-state index contributed by atoms with van der Waals surface area (Å²) in [7, 11) is 0. The quantitative estimate of drug-likeness (QED) is 0.539. The summed E-state index contributed by atoms with van der Waals surface area (Å²) >= 11 is 0. The summed E-state index contributed by atoms with van der Waals surface area (Å²) in [5.74, 6) is 1.37. The van der Waals surface area contributed by atoms with Gasteiger partial charge in [0.05, 0.1) is 11.2 Å². The molecule has 2 heterocycles. The van der Waals surface area contributed by atoms with Gasteiger partial charge in [-0.1, -0.05) is 5.16 Å². The highest BCUT2D eigenvalue weighted by molar-refractivity contribution is 5.85. The highest BCUT2D eigenvalue weighted by Crippen LogP contribution is 2.30. The van der Waals surface area contributed by atoms with Crippen LogP contribution in [0.3, 0.4) is 0 Å². The number of nitrogens with zero attached hydrogens (tertiary/aromatic N) is 4. The van der Waals surface area contributed by atoms with Crippen molar-refractivity contribution in [2.75, 3.05) is 5.32 Å². The molecule has 0 unspecified atom stereocenters. The molecule has 7 nitrogen and oxygen atoms in total. The molecule has 0 bridgehead atoms. The number of aryl methyl sites for hydroxylation is 3. The lowest BCUT2D eigenvalue weighted by Gasteiger charge is -2.08. The van der Waals surface area contributed by atoms with Gasteiger partial charge in [0, 0.05) is 11.3 Å². The molecule has 2 aromatic heterocycles. The van der Waals surface area contributed by atoms with Crippen LogP contribution < -0.4 is 5.32 Å².